The van der Waals surface area contributed by atoms with Gasteiger partial charge in [0.1, 0.15) is 5.75 Å². The van der Waals surface area contributed by atoms with Crippen LogP contribution in [-0.4, -0.2) is 19.8 Å². The molecule has 0 saturated carbocycles. The van der Waals surface area contributed by atoms with Gasteiger partial charge < -0.3 is 9.47 Å². The van der Waals surface area contributed by atoms with Gasteiger partial charge in [-0.05, 0) is 57.2 Å². The van der Waals surface area contributed by atoms with Gasteiger partial charge in [-0.25, -0.2) is 0 Å². The fourth-order valence-corrected chi connectivity index (χ4v) is 2.03. The van der Waals surface area contributed by atoms with E-state index in [1.165, 1.54) is 17.5 Å². The van der Waals surface area contributed by atoms with Crippen LogP contribution in [0.25, 0.3) is 6.08 Å². The van der Waals surface area contributed by atoms with E-state index in [2.05, 4.69) is 51.1 Å². The number of hydrogen-bond acceptors (Lipinski definition) is 2. The predicted molar refractivity (Wildman–Crippen MR) is 86.3 cm³/mol. The van der Waals surface area contributed by atoms with Crippen LogP contribution in [0.4, 0.5) is 0 Å². The first kappa shape index (κ1) is 16.8. The zero-order chi connectivity index (χ0) is 14.8. The van der Waals surface area contributed by atoms with Crippen molar-refractivity contribution in [2.45, 2.75) is 52.6 Å². The SMILES string of the molecule is CCc1ccc(OC)c(/C=C/CCCCOC(C)C)c1. The molecular formula is C18H28O2. The summed E-state index contributed by atoms with van der Waals surface area (Å²) < 4.78 is 10.9. The Kier molecular flexibility index (Phi) is 8.05. The van der Waals surface area contributed by atoms with Crippen LogP contribution in [0.2, 0.25) is 0 Å². The summed E-state index contributed by atoms with van der Waals surface area (Å²) in [7, 11) is 1.72. The van der Waals surface area contributed by atoms with Crippen LogP contribution in [0.15, 0.2) is 24.3 Å². The van der Waals surface area contributed by atoms with Crippen molar-refractivity contribution in [3.8, 4) is 5.75 Å². The third-order valence-corrected chi connectivity index (χ3v) is 3.22. The Morgan fingerprint density at radius 2 is 2.00 bits per heavy atom. The average molecular weight is 276 g/mol. The normalized spacial score (nSPS) is 11.4. The van der Waals surface area contributed by atoms with Crippen LogP contribution in [0.1, 0.15) is 51.2 Å². The van der Waals surface area contributed by atoms with E-state index < -0.39 is 0 Å². The number of hydrogen-bond donors (Lipinski definition) is 0. The van der Waals surface area contributed by atoms with Crippen LogP contribution in [-0.2, 0) is 11.2 Å². The van der Waals surface area contributed by atoms with Crippen molar-refractivity contribution in [3.05, 3.63) is 35.4 Å². The molecule has 2 heteroatoms. The molecule has 0 heterocycles. The number of rotatable bonds is 9. The number of aryl methyl sites for hydroxylation is 1. The van der Waals surface area contributed by atoms with Gasteiger partial charge in [-0.3, -0.25) is 0 Å². The van der Waals surface area contributed by atoms with Gasteiger partial charge >= 0.3 is 0 Å². The molecule has 0 bridgehead atoms. The molecule has 0 unspecified atom stereocenters. The molecule has 0 aliphatic rings. The topological polar surface area (TPSA) is 18.5 Å². The van der Waals surface area contributed by atoms with Crippen LogP contribution in [0, 0.1) is 0 Å². The van der Waals surface area contributed by atoms with Gasteiger partial charge in [-0.15, -0.1) is 0 Å². The first-order valence-corrected chi connectivity index (χ1v) is 7.62. The molecule has 0 saturated heterocycles. The lowest BCUT2D eigenvalue weighted by atomic mass is 10.1. The molecule has 112 valence electrons. The quantitative estimate of drug-likeness (QED) is 0.599. The van der Waals surface area contributed by atoms with Gasteiger partial charge in [-0.1, -0.05) is 25.1 Å². The van der Waals surface area contributed by atoms with Crippen LogP contribution in [0.3, 0.4) is 0 Å². The highest BCUT2D eigenvalue weighted by molar-refractivity contribution is 5.58. The van der Waals surface area contributed by atoms with E-state index in [1.807, 2.05) is 0 Å². The number of unbranched alkanes of at least 4 members (excludes halogenated alkanes) is 2. The molecule has 0 aliphatic carbocycles. The predicted octanol–water partition coefficient (Wildman–Crippen LogP) is 4.87. The maximum atomic E-state index is 5.53. The minimum absolute atomic E-state index is 0.339. The van der Waals surface area contributed by atoms with Gasteiger partial charge in [0.15, 0.2) is 0 Å². The van der Waals surface area contributed by atoms with E-state index in [1.54, 1.807) is 7.11 Å². The average Bonchev–Trinajstić information content (AvgIpc) is 2.45. The Morgan fingerprint density at radius 3 is 2.65 bits per heavy atom. The van der Waals surface area contributed by atoms with Crippen molar-refractivity contribution < 1.29 is 9.47 Å². The number of methoxy groups -OCH3 is 1. The van der Waals surface area contributed by atoms with E-state index in [-0.39, 0.29) is 0 Å². The number of benzene rings is 1. The van der Waals surface area contributed by atoms with Gasteiger partial charge in [-0.2, -0.15) is 0 Å². The molecule has 1 rings (SSSR count). The van der Waals surface area contributed by atoms with Crippen LogP contribution >= 0.6 is 0 Å². The molecule has 0 fully saturated rings. The van der Waals surface area contributed by atoms with Crippen molar-refractivity contribution in [1.29, 1.82) is 0 Å². The highest BCUT2D eigenvalue weighted by Crippen LogP contribution is 2.22. The van der Waals surface area contributed by atoms with Crippen molar-refractivity contribution in [1.82, 2.24) is 0 Å². The monoisotopic (exact) mass is 276 g/mol. The van der Waals surface area contributed by atoms with Crippen molar-refractivity contribution in [3.63, 3.8) is 0 Å². The zero-order valence-corrected chi connectivity index (χ0v) is 13.3. The molecule has 1 aromatic carbocycles. The highest BCUT2D eigenvalue weighted by Gasteiger charge is 2.00. The van der Waals surface area contributed by atoms with E-state index in [0.29, 0.717) is 6.10 Å². The minimum Gasteiger partial charge on any atom is -0.496 e. The summed E-state index contributed by atoms with van der Waals surface area (Å²) >= 11 is 0. The molecule has 1 aromatic rings. The largest absolute Gasteiger partial charge is 0.496 e. The summed E-state index contributed by atoms with van der Waals surface area (Å²) in [4.78, 5) is 0. The second-order valence-corrected chi connectivity index (χ2v) is 5.25. The van der Waals surface area contributed by atoms with Gasteiger partial charge in [0.25, 0.3) is 0 Å². The Hall–Kier alpha value is -1.28. The third kappa shape index (κ3) is 6.25. The Morgan fingerprint density at radius 1 is 1.20 bits per heavy atom. The summed E-state index contributed by atoms with van der Waals surface area (Å²) in [6, 6.07) is 6.38. The summed E-state index contributed by atoms with van der Waals surface area (Å²) in [5, 5.41) is 0. The van der Waals surface area contributed by atoms with Crippen molar-refractivity contribution in [2.24, 2.45) is 0 Å². The van der Waals surface area contributed by atoms with E-state index >= 15 is 0 Å². The highest BCUT2D eigenvalue weighted by atomic mass is 16.5. The summed E-state index contributed by atoms with van der Waals surface area (Å²) in [6.07, 6.45) is 9.16. The second-order valence-electron chi connectivity index (χ2n) is 5.25. The lowest BCUT2D eigenvalue weighted by Crippen LogP contribution is -2.03. The van der Waals surface area contributed by atoms with Crippen LogP contribution < -0.4 is 4.74 Å². The van der Waals surface area contributed by atoms with Crippen molar-refractivity contribution >= 4 is 6.08 Å². The molecule has 2 nitrogen and oxygen atoms in total. The molecule has 0 aliphatic heterocycles. The van der Waals surface area contributed by atoms with E-state index in [9.17, 15) is 0 Å². The molecular weight excluding hydrogens is 248 g/mol. The van der Waals surface area contributed by atoms with Crippen LogP contribution in [0.5, 0.6) is 5.75 Å². The van der Waals surface area contributed by atoms with Gasteiger partial charge in [0.05, 0.1) is 13.2 Å². The lowest BCUT2D eigenvalue weighted by Gasteiger charge is -2.07. The fourth-order valence-electron chi connectivity index (χ4n) is 2.03. The molecule has 0 atom stereocenters. The molecule has 0 amide bonds. The summed E-state index contributed by atoms with van der Waals surface area (Å²) in [6.45, 7) is 7.18. The Bertz CT molecular complexity index is 408. The Labute approximate surface area is 123 Å². The fraction of sp³-hybridized carbons (Fsp3) is 0.556. The summed E-state index contributed by atoms with van der Waals surface area (Å²) in [5.41, 5.74) is 2.51. The number of ether oxygens (including phenoxy) is 2. The molecule has 0 radical (unpaired) electrons. The molecule has 0 N–H and O–H groups in total. The minimum atomic E-state index is 0.339. The first-order chi connectivity index (χ1) is 9.67. The first-order valence-electron chi connectivity index (χ1n) is 7.62. The van der Waals surface area contributed by atoms with Crippen molar-refractivity contribution in [2.75, 3.05) is 13.7 Å². The lowest BCUT2D eigenvalue weighted by molar-refractivity contribution is 0.0762. The number of allylic oxidation sites excluding steroid dienone is 1. The van der Waals surface area contributed by atoms with E-state index in [0.717, 1.165) is 31.6 Å². The standard InChI is InChI=1S/C18H28O2/c1-5-16-11-12-18(19-4)17(14-16)10-8-6-7-9-13-20-15(2)3/h8,10-12,14-15H,5-7,9,13H2,1-4H3/b10-8+. The second kappa shape index (κ2) is 9.60. The third-order valence-electron chi connectivity index (χ3n) is 3.22. The molecule has 0 spiro atoms. The smallest absolute Gasteiger partial charge is 0.126 e. The molecule has 0 aromatic heterocycles. The maximum absolute atomic E-state index is 5.53. The maximum Gasteiger partial charge on any atom is 0.126 e. The van der Waals surface area contributed by atoms with Gasteiger partial charge in [0, 0.05) is 12.2 Å². The summed E-state index contributed by atoms with van der Waals surface area (Å²) in [5.74, 6) is 0.946. The van der Waals surface area contributed by atoms with E-state index in [4.69, 9.17) is 9.47 Å². The van der Waals surface area contributed by atoms with Gasteiger partial charge in [0.2, 0.25) is 0 Å². The Balaban J connectivity index is 2.41. The molecule has 20 heavy (non-hydrogen) atoms. The zero-order valence-electron chi connectivity index (χ0n) is 13.3.